The van der Waals surface area contributed by atoms with E-state index in [1.165, 1.54) is 4.90 Å². The van der Waals surface area contributed by atoms with Crippen LogP contribution in [0.1, 0.15) is 17.3 Å². The van der Waals surface area contributed by atoms with Crippen molar-refractivity contribution in [2.24, 2.45) is 5.73 Å². The Hall–Kier alpha value is -1.56. The number of primary amides is 1. The van der Waals surface area contributed by atoms with E-state index in [1.54, 1.807) is 32.2 Å². The average Bonchev–Trinajstić information content (AvgIpc) is 2.34. The second kappa shape index (κ2) is 6.39. The largest absolute Gasteiger partial charge is 0.496 e. The number of likely N-dealkylation sites (N-methyl/N-ethyl adjacent to an activating group) is 1. The number of hydrogen-bond acceptors (Lipinski definition) is 3. The molecular weight excluding hydrogens is 300 g/mol. The molecule has 0 radical (unpaired) electrons. The molecule has 0 aromatic heterocycles. The van der Waals surface area contributed by atoms with Gasteiger partial charge in [0.05, 0.1) is 18.1 Å². The van der Waals surface area contributed by atoms with Crippen molar-refractivity contribution in [1.29, 1.82) is 0 Å². The Labute approximate surface area is 114 Å². The van der Waals surface area contributed by atoms with Gasteiger partial charge in [0, 0.05) is 12.1 Å². The monoisotopic (exact) mass is 314 g/mol. The van der Waals surface area contributed by atoms with E-state index in [4.69, 9.17) is 10.5 Å². The van der Waals surface area contributed by atoms with E-state index >= 15 is 0 Å². The van der Waals surface area contributed by atoms with Crippen molar-refractivity contribution in [3.63, 3.8) is 0 Å². The maximum absolute atomic E-state index is 12.1. The van der Waals surface area contributed by atoms with Crippen molar-refractivity contribution in [2.45, 2.75) is 6.92 Å². The maximum atomic E-state index is 12.1. The number of carbonyl (C=O) groups excluding carboxylic acids is 2. The van der Waals surface area contributed by atoms with Crippen molar-refractivity contribution in [3.05, 3.63) is 28.2 Å². The van der Waals surface area contributed by atoms with Crippen molar-refractivity contribution >= 4 is 27.7 Å². The normalized spacial score (nSPS) is 9.94. The molecule has 0 bridgehead atoms. The fourth-order valence-electron chi connectivity index (χ4n) is 1.50. The molecule has 0 heterocycles. The van der Waals surface area contributed by atoms with Gasteiger partial charge in [0.2, 0.25) is 5.91 Å². The van der Waals surface area contributed by atoms with Crippen LogP contribution in [0.25, 0.3) is 0 Å². The van der Waals surface area contributed by atoms with Gasteiger partial charge in [0.25, 0.3) is 5.91 Å². The van der Waals surface area contributed by atoms with Crippen LogP contribution in [0.3, 0.4) is 0 Å². The number of amides is 2. The molecule has 0 saturated carbocycles. The van der Waals surface area contributed by atoms with Gasteiger partial charge >= 0.3 is 0 Å². The minimum atomic E-state index is -0.530. The maximum Gasteiger partial charge on any atom is 0.254 e. The van der Waals surface area contributed by atoms with Crippen LogP contribution >= 0.6 is 15.9 Å². The van der Waals surface area contributed by atoms with E-state index in [9.17, 15) is 9.59 Å². The molecule has 0 unspecified atom stereocenters. The Morgan fingerprint density at radius 3 is 2.56 bits per heavy atom. The fourth-order valence-corrected chi connectivity index (χ4v) is 2.04. The molecule has 0 saturated heterocycles. The summed E-state index contributed by atoms with van der Waals surface area (Å²) in [5, 5.41) is 0. The molecule has 0 aliphatic carbocycles. The summed E-state index contributed by atoms with van der Waals surface area (Å²) in [7, 11) is 1.55. The first-order chi connectivity index (χ1) is 8.49. The van der Waals surface area contributed by atoms with Gasteiger partial charge < -0.3 is 15.4 Å². The lowest BCUT2D eigenvalue weighted by Gasteiger charge is -2.19. The molecule has 18 heavy (non-hydrogen) atoms. The van der Waals surface area contributed by atoms with Gasteiger partial charge in [0.15, 0.2) is 0 Å². The van der Waals surface area contributed by atoms with Gasteiger partial charge in [-0.2, -0.15) is 0 Å². The number of ether oxygens (including phenoxy) is 1. The number of benzene rings is 1. The second-order valence-electron chi connectivity index (χ2n) is 3.63. The molecule has 0 atom stereocenters. The Balaban J connectivity index is 2.95. The second-order valence-corrected chi connectivity index (χ2v) is 4.49. The molecule has 1 rings (SSSR count). The number of carbonyl (C=O) groups is 2. The molecule has 0 aliphatic rings. The summed E-state index contributed by atoms with van der Waals surface area (Å²) in [5.74, 6) is -0.123. The summed E-state index contributed by atoms with van der Waals surface area (Å²) in [6, 6.07) is 5.00. The van der Waals surface area contributed by atoms with Gasteiger partial charge in [-0.3, -0.25) is 9.59 Å². The smallest absolute Gasteiger partial charge is 0.254 e. The van der Waals surface area contributed by atoms with Crippen LogP contribution in [-0.4, -0.2) is 36.9 Å². The standard InChI is InChI=1S/C12H15BrN2O3/c1-3-15(7-11(14)16)12(17)8-4-5-10(18-2)9(13)6-8/h4-6H,3,7H2,1-2H3,(H2,14,16). The molecule has 1 aromatic carbocycles. The first-order valence-corrected chi connectivity index (χ1v) is 6.20. The number of rotatable bonds is 5. The Morgan fingerprint density at radius 2 is 2.11 bits per heavy atom. The predicted molar refractivity (Wildman–Crippen MR) is 71.5 cm³/mol. The van der Waals surface area contributed by atoms with Crippen LogP contribution in [0.2, 0.25) is 0 Å². The lowest BCUT2D eigenvalue weighted by atomic mass is 10.2. The molecular formula is C12H15BrN2O3. The topological polar surface area (TPSA) is 72.6 Å². The highest BCUT2D eigenvalue weighted by Gasteiger charge is 2.17. The van der Waals surface area contributed by atoms with Crippen LogP contribution in [0.4, 0.5) is 0 Å². The third kappa shape index (κ3) is 3.46. The van der Waals surface area contributed by atoms with Gasteiger partial charge in [0.1, 0.15) is 5.75 Å². The summed E-state index contributed by atoms with van der Waals surface area (Å²) in [6.45, 7) is 2.13. The summed E-state index contributed by atoms with van der Waals surface area (Å²) in [6.07, 6.45) is 0. The van der Waals surface area contributed by atoms with Crippen molar-refractivity contribution in [2.75, 3.05) is 20.2 Å². The number of methoxy groups -OCH3 is 1. The number of halogens is 1. The number of nitrogens with two attached hydrogens (primary N) is 1. The minimum absolute atomic E-state index is 0.0843. The minimum Gasteiger partial charge on any atom is -0.496 e. The first-order valence-electron chi connectivity index (χ1n) is 5.40. The molecule has 2 amide bonds. The zero-order valence-electron chi connectivity index (χ0n) is 10.3. The summed E-state index contributed by atoms with van der Waals surface area (Å²) >= 11 is 3.31. The molecule has 2 N–H and O–H groups in total. The van der Waals surface area contributed by atoms with E-state index in [-0.39, 0.29) is 12.5 Å². The average molecular weight is 315 g/mol. The Bertz CT molecular complexity index is 463. The van der Waals surface area contributed by atoms with Crippen molar-refractivity contribution in [3.8, 4) is 5.75 Å². The lowest BCUT2D eigenvalue weighted by molar-refractivity contribution is -0.118. The molecule has 0 fully saturated rings. The fraction of sp³-hybridized carbons (Fsp3) is 0.333. The number of hydrogen-bond donors (Lipinski definition) is 1. The van der Waals surface area contributed by atoms with E-state index in [1.807, 2.05) is 0 Å². The highest BCUT2D eigenvalue weighted by molar-refractivity contribution is 9.10. The summed E-state index contributed by atoms with van der Waals surface area (Å²) in [5.41, 5.74) is 5.58. The van der Waals surface area contributed by atoms with E-state index < -0.39 is 5.91 Å². The molecule has 0 aliphatic heterocycles. The zero-order valence-corrected chi connectivity index (χ0v) is 11.9. The van der Waals surface area contributed by atoms with Crippen LogP contribution in [0.15, 0.2) is 22.7 Å². The molecule has 0 spiro atoms. The highest BCUT2D eigenvalue weighted by Crippen LogP contribution is 2.25. The molecule has 5 nitrogen and oxygen atoms in total. The van der Waals surface area contributed by atoms with Gasteiger partial charge in [-0.05, 0) is 41.1 Å². The first kappa shape index (κ1) is 14.5. The molecule has 6 heteroatoms. The summed E-state index contributed by atoms with van der Waals surface area (Å²) in [4.78, 5) is 24.4. The quantitative estimate of drug-likeness (QED) is 0.893. The van der Waals surface area contributed by atoms with Crippen molar-refractivity contribution in [1.82, 2.24) is 4.90 Å². The van der Waals surface area contributed by atoms with Crippen LogP contribution in [0, 0.1) is 0 Å². The predicted octanol–water partition coefficient (Wildman–Crippen LogP) is 1.41. The van der Waals surface area contributed by atoms with E-state index in [2.05, 4.69) is 15.9 Å². The van der Waals surface area contributed by atoms with E-state index in [0.29, 0.717) is 22.3 Å². The summed E-state index contributed by atoms with van der Waals surface area (Å²) < 4.78 is 5.77. The SMILES string of the molecule is CCN(CC(N)=O)C(=O)c1ccc(OC)c(Br)c1. The van der Waals surface area contributed by atoms with Gasteiger partial charge in [-0.25, -0.2) is 0 Å². The zero-order chi connectivity index (χ0) is 13.7. The highest BCUT2D eigenvalue weighted by atomic mass is 79.9. The van der Waals surface area contributed by atoms with Gasteiger partial charge in [-0.15, -0.1) is 0 Å². The molecule has 98 valence electrons. The van der Waals surface area contributed by atoms with Crippen LogP contribution in [0.5, 0.6) is 5.75 Å². The van der Waals surface area contributed by atoms with E-state index in [0.717, 1.165) is 0 Å². The van der Waals surface area contributed by atoms with Gasteiger partial charge in [-0.1, -0.05) is 0 Å². The van der Waals surface area contributed by atoms with Crippen LogP contribution in [-0.2, 0) is 4.79 Å². The Morgan fingerprint density at radius 1 is 1.44 bits per heavy atom. The van der Waals surface area contributed by atoms with Crippen molar-refractivity contribution < 1.29 is 14.3 Å². The van der Waals surface area contributed by atoms with Crippen LogP contribution < -0.4 is 10.5 Å². The third-order valence-corrected chi connectivity index (χ3v) is 3.03. The number of nitrogens with zero attached hydrogens (tertiary/aromatic N) is 1. The molecule has 1 aromatic rings. The lowest BCUT2D eigenvalue weighted by Crippen LogP contribution is -2.38. The Kier molecular flexibility index (Phi) is 5.15. The third-order valence-electron chi connectivity index (χ3n) is 2.41.